The van der Waals surface area contributed by atoms with Crippen molar-refractivity contribution in [2.75, 3.05) is 19.0 Å². The average molecular weight is 261 g/mol. The first-order valence-corrected chi connectivity index (χ1v) is 7.34. The Hall–Kier alpha value is -1.06. The van der Waals surface area contributed by atoms with Crippen LogP contribution in [0.1, 0.15) is 30.9 Å². The Kier molecular flexibility index (Phi) is 3.76. The number of ether oxygens (including phenoxy) is 2. The summed E-state index contributed by atoms with van der Waals surface area (Å²) in [5, 5.41) is 3.59. The van der Waals surface area contributed by atoms with Crippen molar-refractivity contribution in [2.45, 2.75) is 50.9 Å². The van der Waals surface area contributed by atoms with Gasteiger partial charge in [-0.15, -0.1) is 0 Å². The molecule has 2 aliphatic carbocycles. The Morgan fingerprint density at radius 3 is 2.89 bits per heavy atom. The summed E-state index contributed by atoms with van der Waals surface area (Å²) in [4.78, 5) is 0. The number of methoxy groups -OCH3 is 1. The van der Waals surface area contributed by atoms with Crippen molar-refractivity contribution in [3.05, 3.63) is 29.3 Å². The van der Waals surface area contributed by atoms with Crippen LogP contribution in [0, 0.1) is 0 Å². The van der Waals surface area contributed by atoms with E-state index in [1.807, 2.05) is 6.92 Å². The van der Waals surface area contributed by atoms with E-state index in [4.69, 9.17) is 9.47 Å². The Balaban J connectivity index is 1.63. The molecule has 3 atom stereocenters. The molecule has 1 aromatic rings. The lowest BCUT2D eigenvalue weighted by Crippen LogP contribution is -2.56. The number of hydrogen-bond donors (Lipinski definition) is 1. The van der Waals surface area contributed by atoms with Crippen LogP contribution < -0.4 is 5.32 Å². The van der Waals surface area contributed by atoms with E-state index in [2.05, 4.69) is 23.5 Å². The standard InChI is InChI=1S/C16H23NO2/c1-3-19-15-10-14(16(15)18-2)17-13-8-7-11-5-4-6-12(11)9-13/h7-9,14-17H,3-6,10H2,1-2H3. The van der Waals surface area contributed by atoms with E-state index in [-0.39, 0.29) is 12.2 Å². The van der Waals surface area contributed by atoms with E-state index in [9.17, 15) is 0 Å². The highest BCUT2D eigenvalue weighted by molar-refractivity contribution is 5.51. The van der Waals surface area contributed by atoms with E-state index in [0.29, 0.717) is 6.04 Å². The van der Waals surface area contributed by atoms with Crippen LogP contribution in [0.4, 0.5) is 5.69 Å². The van der Waals surface area contributed by atoms with Crippen LogP contribution in [0.15, 0.2) is 18.2 Å². The van der Waals surface area contributed by atoms with Crippen molar-refractivity contribution in [3.8, 4) is 0 Å². The molecule has 1 saturated carbocycles. The van der Waals surface area contributed by atoms with Gasteiger partial charge in [-0.1, -0.05) is 6.07 Å². The fraction of sp³-hybridized carbons (Fsp3) is 0.625. The van der Waals surface area contributed by atoms with Crippen molar-refractivity contribution in [1.29, 1.82) is 0 Å². The molecule has 19 heavy (non-hydrogen) atoms. The smallest absolute Gasteiger partial charge is 0.103 e. The van der Waals surface area contributed by atoms with Gasteiger partial charge in [0.1, 0.15) is 6.10 Å². The Bertz CT molecular complexity index is 446. The molecular formula is C16H23NO2. The highest BCUT2D eigenvalue weighted by Crippen LogP contribution is 2.31. The molecule has 0 aromatic heterocycles. The lowest BCUT2D eigenvalue weighted by molar-refractivity contribution is -0.118. The molecule has 1 N–H and O–H groups in total. The average Bonchev–Trinajstić information content (AvgIpc) is 2.85. The van der Waals surface area contributed by atoms with Gasteiger partial charge in [-0.3, -0.25) is 0 Å². The molecule has 0 aliphatic heterocycles. The second kappa shape index (κ2) is 5.51. The maximum absolute atomic E-state index is 5.66. The zero-order valence-electron chi connectivity index (χ0n) is 11.8. The third-order valence-corrected chi connectivity index (χ3v) is 4.35. The fourth-order valence-corrected chi connectivity index (χ4v) is 3.29. The minimum Gasteiger partial charge on any atom is -0.379 e. The number of nitrogens with one attached hydrogen (secondary N) is 1. The van der Waals surface area contributed by atoms with Crippen molar-refractivity contribution in [3.63, 3.8) is 0 Å². The van der Waals surface area contributed by atoms with E-state index < -0.39 is 0 Å². The number of fused-ring (bicyclic) bond motifs is 1. The van der Waals surface area contributed by atoms with Gasteiger partial charge in [-0.05, 0) is 55.9 Å². The zero-order valence-corrected chi connectivity index (χ0v) is 11.8. The van der Waals surface area contributed by atoms with Gasteiger partial charge >= 0.3 is 0 Å². The van der Waals surface area contributed by atoms with Crippen LogP contribution in [0.3, 0.4) is 0 Å². The molecule has 3 unspecified atom stereocenters. The minimum absolute atomic E-state index is 0.174. The van der Waals surface area contributed by atoms with Crippen LogP contribution in [-0.2, 0) is 22.3 Å². The number of benzene rings is 1. The quantitative estimate of drug-likeness (QED) is 0.884. The SMILES string of the molecule is CCOC1CC(Nc2ccc3c(c2)CCC3)C1OC. The van der Waals surface area contributed by atoms with Gasteiger partial charge in [0.05, 0.1) is 12.1 Å². The van der Waals surface area contributed by atoms with E-state index in [1.165, 1.54) is 36.1 Å². The van der Waals surface area contributed by atoms with Crippen molar-refractivity contribution >= 4 is 5.69 Å². The Labute approximate surface area is 115 Å². The summed E-state index contributed by atoms with van der Waals surface area (Å²) in [7, 11) is 1.77. The maximum Gasteiger partial charge on any atom is 0.103 e. The van der Waals surface area contributed by atoms with Crippen molar-refractivity contribution in [1.82, 2.24) is 0 Å². The minimum atomic E-state index is 0.174. The molecule has 1 fully saturated rings. The van der Waals surface area contributed by atoms with Gasteiger partial charge < -0.3 is 14.8 Å². The van der Waals surface area contributed by atoms with Gasteiger partial charge in [0.2, 0.25) is 0 Å². The first kappa shape index (κ1) is 12.9. The summed E-state index contributed by atoms with van der Waals surface area (Å²) in [5.74, 6) is 0. The molecule has 2 aliphatic rings. The van der Waals surface area contributed by atoms with Gasteiger partial charge in [0, 0.05) is 19.4 Å². The second-order valence-electron chi connectivity index (χ2n) is 5.52. The molecule has 104 valence electrons. The predicted octanol–water partition coefficient (Wildman–Crippen LogP) is 2.78. The van der Waals surface area contributed by atoms with Gasteiger partial charge in [0.25, 0.3) is 0 Å². The summed E-state index contributed by atoms with van der Waals surface area (Å²) < 4.78 is 11.2. The Morgan fingerprint density at radius 2 is 2.11 bits per heavy atom. The first-order chi connectivity index (χ1) is 9.31. The normalized spacial score (nSPS) is 28.8. The highest BCUT2D eigenvalue weighted by atomic mass is 16.5. The molecular weight excluding hydrogens is 238 g/mol. The predicted molar refractivity (Wildman–Crippen MR) is 76.7 cm³/mol. The van der Waals surface area contributed by atoms with E-state index in [0.717, 1.165) is 13.0 Å². The fourth-order valence-electron chi connectivity index (χ4n) is 3.29. The van der Waals surface area contributed by atoms with Crippen LogP contribution in [-0.4, -0.2) is 32.0 Å². The zero-order chi connectivity index (χ0) is 13.2. The number of hydrogen-bond acceptors (Lipinski definition) is 3. The molecule has 3 rings (SSSR count). The van der Waals surface area contributed by atoms with Gasteiger partial charge in [0.15, 0.2) is 0 Å². The lowest BCUT2D eigenvalue weighted by Gasteiger charge is -2.43. The lowest BCUT2D eigenvalue weighted by atomic mass is 9.85. The highest BCUT2D eigenvalue weighted by Gasteiger charge is 2.42. The maximum atomic E-state index is 5.66. The topological polar surface area (TPSA) is 30.5 Å². The summed E-state index contributed by atoms with van der Waals surface area (Å²) >= 11 is 0. The summed E-state index contributed by atoms with van der Waals surface area (Å²) in [5.41, 5.74) is 4.26. The molecule has 0 amide bonds. The van der Waals surface area contributed by atoms with Gasteiger partial charge in [-0.25, -0.2) is 0 Å². The molecule has 3 heteroatoms. The Morgan fingerprint density at radius 1 is 1.26 bits per heavy atom. The van der Waals surface area contributed by atoms with Crippen LogP contribution >= 0.6 is 0 Å². The largest absolute Gasteiger partial charge is 0.379 e. The third kappa shape index (κ3) is 2.49. The number of aryl methyl sites for hydroxylation is 2. The van der Waals surface area contributed by atoms with Gasteiger partial charge in [-0.2, -0.15) is 0 Å². The number of rotatable bonds is 5. The van der Waals surface area contributed by atoms with Crippen LogP contribution in [0.5, 0.6) is 0 Å². The molecule has 0 bridgehead atoms. The molecule has 0 saturated heterocycles. The van der Waals surface area contributed by atoms with Crippen LogP contribution in [0.2, 0.25) is 0 Å². The second-order valence-corrected chi connectivity index (χ2v) is 5.52. The van der Waals surface area contributed by atoms with E-state index >= 15 is 0 Å². The summed E-state index contributed by atoms with van der Waals surface area (Å²) in [6.45, 7) is 2.80. The molecule has 3 nitrogen and oxygen atoms in total. The van der Waals surface area contributed by atoms with Crippen molar-refractivity contribution in [2.24, 2.45) is 0 Å². The van der Waals surface area contributed by atoms with Crippen LogP contribution in [0.25, 0.3) is 0 Å². The monoisotopic (exact) mass is 261 g/mol. The molecule has 0 radical (unpaired) electrons. The molecule has 1 aromatic carbocycles. The summed E-state index contributed by atoms with van der Waals surface area (Å²) in [6, 6.07) is 7.15. The summed E-state index contributed by atoms with van der Waals surface area (Å²) in [6.07, 6.45) is 5.23. The van der Waals surface area contributed by atoms with E-state index in [1.54, 1.807) is 7.11 Å². The van der Waals surface area contributed by atoms with Crippen molar-refractivity contribution < 1.29 is 9.47 Å². The molecule has 0 spiro atoms. The molecule has 0 heterocycles. The third-order valence-electron chi connectivity index (χ3n) is 4.35. The number of anilines is 1. The first-order valence-electron chi connectivity index (χ1n) is 7.34.